The molecule has 0 heterocycles. The number of hydrogen-bond acceptors (Lipinski definition) is 2. The highest BCUT2D eigenvalue weighted by Gasteiger charge is 2.20. The Morgan fingerprint density at radius 3 is 2.71 bits per heavy atom. The SMILES string of the molecule is CNCC(=O)NC1CCCCCC1C. The van der Waals surface area contributed by atoms with Gasteiger partial charge in [-0.1, -0.05) is 26.2 Å². The molecule has 2 unspecified atom stereocenters. The van der Waals surface area contributed by atoms with E-state index in [1.165, 1.54) is 25.7 Å². The van der Waals surface area contributed by atoms with Crippen molar-refractivity contribution in [2.24, 2.45) is 5.92 Å². The Labute approximate surface area is 86.6 Å². The summed E-state index contributed by atoms with van der Waals surface area (Å²) in [5.41, 5.74) is 0. The normalized spacial score (nSPS) is 28.1. The summed E-state index contributed by atoms with van der Waals surface area (Å²) in [6.07, 6.45) is 6.30. The van der Waals surface area contributed by atoms with Gasteiger partial charge < -0.3 is 10.6 Å². The Kier molecular flexibility index (Phi) is 4.94. The smallest absolute Gasteiger partial charge is 0.234 e. The summed E-state index contributed by atoms with van der Waals surface area (Å²) >= 11 is 0. The number of carbonyl (C=O) groups excluding carboxylic acids is 1. The monoisotopic (exact) mass is 198 g/mol. The molecule has 82 valence electrons. The topological polar surface area (TPSA) is 41.1 Å². The molecule has 1 fully saturated rings. The predicted molar refractivity (Wildman–Crippen MR) is 58.1 cm³/mol. The van der Waals surface area contributed by atoms with Gasteiger partial charge in [-0.15, -0.1) is 0 Å². The Bertz CT molecular complexity index is 182. The molecule has 1 amide bonds. The van der Waals surface area contributed by atoms with Gasteiger partial charge in [-0.05, 0) is 25.8 Å². The molecule has 2 atom stereocenters. The molecule has 0 aliphatic heterocycles. The van der Waals surface area contributed by atoms with Crippen LogP contribution in [-0.4, -0.2) is 25.5 Å². The minimum absolute atomic E-state index is 0.131. The molecule has 0 saturated heterocycles. The summed E-state index contributed by atoms with van der Waals surface area (Å²) in [6.45, 7) is 2.68. The van der Waals surface area contributed by atoms with Crippen molar-refractivity contribution in [3.05, 3.63) is 0 Å². The van der Waals surface area contributed by atoms with Gasteiger partial charge >= 0.3 is 0 Å². The van der Waals surface area contributed by atoms with Crippen LogP contribution in [-0.2, 0) is 4.79 Å². The van der Waals surface area contributed by atoms with Crippen LogP contribution in [0.5, 0.6) is 0 Å². The molecule has 0 aromatic heterocycles. The van der Waals surface area contributed by atoms with E-state index < -0.39 is 0 Å². The highest BCUT2D eigenvalue weighted by Crippen LogP contribution is 2.22. The molecule has 1 rings (SSSR count). The molecule has 3 nitrogen and oxygen atoms in total. The zero-order chi connectivity index (χ0) is 10.4. The first-order valence-corrected chi connectivity index (χ1v) is 5.68. The number of carbonyl (C=O) groups is 1. The van der Waals surface area contributed by atoms with E-state index in [-0.39, 0.29) is 5.91 Å². The standard InChI is InChI=1S/C11H22N2O/c1-9-6-4-3-5-7-10(9)13-11(14)8-12-2/h9-10,12H,3-8H2,1-2H3,(H,13,14). The van der Waals surface area contributed by atoms with Gasteiger partial charge in [-0.3, -0.25) is 4.79 Å². The third-order valence-corrected chi connectivity index (χ3v) is 3.05. The Balaban J connectivity index is 2.36. The van der Waals surface area contributed by atoms with E-state index in [1.54, 1.807) is 7.05 Å². The van der Waals surface area contributed by atoms with E-state index in [4.69, 9.17) is 0 Å². The van der Waals surface area contributed by atoms with Gasteiger partial charge in [0.15, 0.2) is 0 Å². The van der Waals surface area contributed by atoms with Gasteiger partial charge in [0, 0.05) is 6.04 Å². The Morgan fingerprint density at radius 1 is 1.29 bits per heavy atom. The molecule has 2 N–H and O–H groups in total. The van der Waals surface area contributed by atoms with E-state index in [9.17, 15) is 4.79 Å². The summed E-state index contributed by atoms with van der Waals surface area (Å²) in [6, 6.07) is 0.401. The van der Waals surface area contributed by atoms with Crippen molar-refractivity contribution >= 4 is 5.91 Å². The van der Waals surface area contributed by atoms with Crippen molar-refractivity contribution < 1.29 is 4.79 Å². The molecule has 0 aromatic rings. The van der Waals surface area contributed by atoms with E-state index in [0.717, 1.165) is 6.42 Å². The molecule has 14 heavy (non-hydrogen) atoms. The predicted octanol–water partition coefficient (Wildman–Crippen LogP) is 1.29. The van der Waals surface area contributed by atoms with Crippen LogP contribution in [0.25, 0.3) is 0 Å². The quantitative estimate of drug-likeness (QED) is 0.671. The summed E-state index contributed by atoms with van der Waals surface area (Å²) in [5, 5.41) is 5.98. The average Bonchev–Trinajstić information content (AvgIpc) is 2.33. The summed E-state index contributed by atoms with van der Waals surface area (Å²) < 4.78 is 0. The van der Waals surface area contributed by atoms with Gasteiger partial charge in [0.05, 0.1) is 6.54 Å². The minimum Gasteiger partial charge on any atom is -0.352 e. The summed E-state index contributed by atoms with van der Waals surface area (Å²) in [5.74, 6) is 0.768. The fraction of sp³-hybridized carbons (Fsp3) is 0.909. The van der Waals surface area contributed by atoms with Crippen molar-refractivity contribution in [3.63, 3.8) is 0 Å². The molecular weight excluding hydrogens is 176 g/mol. The maximum absolute atomic E-state index is 11.4. The number of likely N-dealkylation sites (N-methyl/N-ethyl adjacent to an activating group) is 1. The molecule has 0 bridgehead atoms. The number of nitrogens with one attached hydrogen (secondary N) is 2. The van der Waals surface area contributed by atoms with Gasteiger partial charge in [-0.2, -0.15) is 0 Å². The van der Waals surface area contributed by atoms with Crippen LogP contribution in [0.15, 0.2) is 0 Å². The number of hydrogen-bond donors (Lipinski definition) is 2. The van der Waals surface area contributed by atoms with E-state index in [2.05, 4.69) is 17.6 Å². The van der Waals surface area contributed by atoms with Crippen molar-refractivity contribution in [3.8, 4) is 0 Å². The van der Waals surface area contributed by atoms with E-state index in [1.807, 2.05) is 0 Å². The van der Waals surface area contributed by atoms with Crippen LogP contribution < -0.4 is 10.6 Å². The zero-order valence-corrected chi connectivity index (χ0v) is 9.31. The lowest BCUT2D eigenvalue weighted by Crippen LogP contribution is -2.42. The maximum Gasteiger partial charge on any atom is 0.234 e. The molecular formula is C11H22N2O. The summed E-state index contributed by atoms with van der Waals surface area (Å²) in [4.78, 5) is 11.4. The minimum atomic E-state index is 0.131. The van der Waals surface area contributed by atoms with Crippen molar-refractivity contribution in [1.29, 1.82) is 0 Å². The first-order valence-electron chi connectivity index (χ1n) is 5.68. The van der Waals surface area contributed by atoms with Gasteiger partial charge in [0.25, 0.3) is 0 Å². The van der Waals surface area contributed by atoms with Crippen LogP contribution >= 0.6 is 0 Å². The molecule has 1 aliphatic carbocycles. The fourth-order valence-corrected chi connectivity index (χ4v) is 2.13. The molecule has 0 spiro atoms. The second-order valence-electron chi connectivity index (χ2n) is 4.32. The van der Waals surface area contributed by atoms with Gasteiger partial charge in [0.2, 0.25) is 5.91 Å². The molecule has 1 aliphatic rings. The lowest BCUT2D eigenvalue weighted by Gasteiger charge is -2.22. The van der Waals surface area contributed by atoms with Gasteiger partial charge in [0.1, 0.15) is 0 Å². The van der Waals surface area contributed by atoms with Crippen molar-refractivity contribution in [2.45, 2.75) is 45.1 Å². The lowest BCUT2D eigenvalue weighted by molar-refractivity contribution is -0.121. The zero-order valence-electron chi connectivity index (χ0n) is 9.31. The Hall–Kier alpha value is -0.570. The highest BCUT2D eigenvalue weighted by atomic mass is 16.1. The van der Waals surface area contributed by atoms with Crippen LogP contribution in [0.3, 0.4) is 0 Å². The average molecular weight is 198 g/mol. The number of amides is 1. The van der Waals surface area contributed by atoms with Crippen molar-refractivity contribution in [2.75, 3.05) is 13.6 Å². The first-order chi connectivity index (χ1) is 6.74. The second kappa shape index (κ2) is 6.02. The van der Waals surface area contributed by atoms with Gasteiger partial charge in [-0.25, -0.2) is 0 Å². The van der Waals surface area contributed by atoms with E-state index in [0.29, 0.717) is 18.5 Å². The maximum atomic E-state index is 11.4. The molecule has 3 heteroatoms. The lowest BCUT2D eigenvalue weighted by atomic mass is 9.97. The summed E-state index contributed by atoms with van der Waals surface area (Å²) in [7, 11) is 1.80. The fourth-order valence-electron chi connectivity index (χ4n) is 2.13. The molecule has 0 aromatic carbocycles. The number of rotatable bonds is 3. The van der Waals surface area contributed by atoms with Crippen LogP contribution in [0, 0.1) is 5.92 Å². The third kappa shape index (κ3) is 3.66. The third-order valence-electron chi connectivity index (χ3n) is 3.05. The largest absolute Gasteiger partial charge is 0.352 e. The first kappa shape index (κ1) is 11.5. The van der Waals surface area contributed by atoms with Crippen molar-refractivity contribution in [1.82, 2.24) is 10.6 Å². The van der Waals surface area contributed by atoms with Crippen LogP contribution in [0.1, 0.15) is 39.0 Å². The van der Waals surface area contributed by atoms with Crippen LogP contribution in [0.2, 0.25) is 0 Å². The Morgan fingerprint density at radius 2 is 2.00 bits per heavy atom. The van der Waals surface area contributed by atoms with E-state index >= 15 is 0 Å². The van der Waals surface area contributed by atoms with Crippen LogP contribution in [0.4, 0.5) is 0 Å². The molecule has 1 saturated carbocycles. The highest BCUT2D eigenvalue weighted by molar-refractivity contribution is 5.78. The molecule has 0 radical (unpaired) electrons. The second-order valence-corrected chi connectivity index (χ2v) is 4.32.